The van der Waals surface area contributed by atoms with Crippen LogP contribution in [0.2, 0.25) is 0 Å². The molecule has 1 aromatic carbocycles. The number of hydrogen-bond donors (Lipinski definition) is 3. The van der Waals surface area contributed by atoms with Gasteiger partial charge in [-0.05, 0) is 42.3 Å². The lowest BCUT2D eigenvalue weighted by Gasteiger charge is -2.46. The topological polar surface area (TPSA) is 132 Å². The number of hydrogen-bond acceptors (Lipinski definition) is 9. The Labute approximate surface area is 224 Å². The summed E-state index contributed by atoms with van der Waals surface area (Å²) in [6.07, 6.45) is -3.59. The Balaban J connectivity index is 1.30. The third-order valence-corrected chi connectivity index (χ3v) is 7.55. The molecule has 10 heteroatoms. The smallest absolute Gasteiger partial charge is 0.338 e. The predicted octanol–water partition coefficient (Wildman–Crippen LogP) is 2.44. The third-order valence-electron chi connectivity index (χ3n) is 7.22. The zero-order valence-corrected chi connectivity index (χ0v) is 22.2. The van der Waals surface area contributed by atoms with Gasteiger partial charge in [-0.25, -0.2) is 4.79 Å². The van der Waals surface area contributed by atoms with Crippen molar-refractivity contribution in [2.75, 3.05) is 6.61 Å². The van der Waals surface area contributed by atoms with E-state index < -0.39 is 48.7 Å². The molecule has 4 rings (SSSR count). The summed E-state index contributed by atoms with van der Waals surface area (Å²) in [4.78, 5) is 25.3. The summed E-state index contributed by atoms with van der Waals surface area (Å²) >= 11 is 3.30. The molecule has 3 aliphatic heterocycles. The summed E-state index contributed by atoms with van der Waals surface area (Å²) < 4.78 is 24.2. The first-order valence-electron chi connectivity index (χ1n) is 12.8. The van der Waals surface area contributed by atoms with Crippen LogP contribution in [0.3, 0.4) is 0 Å². The van der Waals surface area contributed by atoms with Gasteiger partial charge in [-0.1, -0.05) is 40.7 Å². The van der Waals surface area contributed by atoms with Crippen LogP contribution in [0.1, 0.15) is 55.3 Å². The van der Waals surface area contributed by atoms with Gasteiger partial charge in [-0.2, -0.15) is 0 Å². The molecule has 0 aromatic heterocycles. The quantitative estimate of drug-likeness (QED) is 0.336. The molecule has 9 nitrogen and oxygen atoms in total. The lowest BCUT2D eigenvalue weighted by Crippen LogP contribution is -2.61. The highest BCUT2D eigenvalue weighted by Crippen LogP contribution is 2.40. The minimum atomic E-state index is -1.06. The Hall–Kier alpha value is -1.66. The fraction of sp³-hybridized carbons (Fsp3) is 0.630. The number of benzene rings is 1. The first-order chi connectivity index (χ1) is 17.8. The van der Waals surface area contributed by atoms with E-state index in [9.17, 15) is 24.9 Å². The van der Waals surface area contributed by atoms with Crippen molar-refractivity contribution in [3.8, 4) is 0 Å². The fourth-order valence-corrected chi connectivity index (χ4v) is 5.70. The Morgan fingerprint density at radius 2 is 1.78 bits per heavy atom. The highest BCUT2D eigenvalue weighted by atomic mass is 79.9. The van der Waals surface area contributed by atoms with Gasteiger partial charge in [0.1, 0.15) is 42.4 Å². The van der Waals surface area contributed by atoms with E-state index in [-0.39, 0.29) is 37.4 Å². The van der Waals surface area contributed by atoms with Crippen molar-refractivity contribution in [1.29, 1.82) is 0 Å². The normalized spacial score (nSPS) is 33.7. The molecule has 0 spiro atoms. The van der Waals surface area contributed by atoms with Gasteiger partial charge in [-0.15, -0.1) is 0 Å². The standard InChI is InChI=1S/C27H35BrO9/c1-15(28)13-19(35-27(33)16-5-3-2-4-6-16)8-7-17(30)14-21-22(31)25-26(37-21)23(32)24-20(36-25)10-9-18(34-24)11-12-29/h2-6,18-26,29,31-32H,1,7-14H2/t18-,19-,20+,21-,22+,23+,24+,25+,26+/m1/s1. The second kappa shape index (κ2) is 12.9. The maximum atomic E-state index is 12.8. The van der Waals surface area contributed by atoms with E-state index in [4.69, 9.17) is 18.9 Å². The second-order valence-corrected chi connectivity index (χ2v) is 11.1. The molecule has 9 atom stereocenters. The molecule has 37 heavy (non-hydrogen) atoms. The lowest BCUT2D eigenvalue weighted by atomic mass is 9.88. The van der Waals surface area contributed by atoms with E-state index in [0.717, 1.165) is 0 Å². The summed E-state index contributed by atoms with van der Waals surface area (Å²) in [5.74, 6) is -0.628. The van der Waals surface area contributed by atoms with Crippen LogP contribution in [-0.4, -0.2) is 88.6 Å². The van der Waals surface area contributed by atoms with Crippen LogP contribution in [0.5, 0.6) is 0 Å². The maximum Gasteiger partial charge on any atom is 0.338 e. The van der Waals surface area contributed by atoms with Crippen molar-refractivity contribution in [1.82, 2.24) is 0 Å². The molecule has 3 fully saturated rings. The predicted molar refractivity (Wildman–Crippen MR) is 136 cm³/mol. The molecule has 1 aromatic rings. The highest BCUT2D eigenvalue weighted by molar-refractivity contribution is 9.11. The summed E-state index contributed by atoms with van der Waals surface area (Å²) in [5, 5.41) is 31.0. The van der Waals surface area contributed by atoms with Crippen LogP contribution in [0.15, 0.2) is 41.4 Å². The summed E-state index contributed by atoms with van der Waals surface area (Å²) in [6, 6.07) is 8.63. The van der Waals surface area contributed by atoms with E-state index in [1.54, 1.807) is 24.3 Å². The van der Waals surface area contributed by atoms with E-state index in [1.165, 1.54) is 0 Å². The average molecular weight is 583 g/mol. The molecule has 0 amide bonds. The van der Waals surface area contributed by atoms with Crippen LogP contribution in [-0.2, 0) is 23.7 Å². The van der Waals surface area contributed by atoms with Crippen molar-refractivity contribution in [3.63, 3.8) is 0 Å². The van der Waals surface area contributed by atoms with Crippen molar-refractivity contribution in [2.45, 2.75) is 99.9 Å². The fourth-order valence-electron chi connectivity index (χ4n) is 5.34. The minimum Gasteiger partial charge on any atom is -0.458 e. The van der Waals surface area contributed by atoms with Gasteiger partial charge in [0.05, 0.1) is 23.9 Å². The van der Waals surface area contributed by atoms with Gasteiger partial charge < -0.3 is 34.3 Å². The number of ether oxygens (including phenoxy) is 4. The van der Waals surface area contributed by atoms with Gasteiger partial charge in [0.15, 0.2) is 0 Å². The number of rotatable bonds is 11. The molecule has 204 valence electrons. The van der Waals surface area contributed by atoms with Crippen LogP contribution in [0.25, 0.3) is 0 Å². The second-order valence-electron chi connectivity index (χ2n) is 9.97. The van der Waals surface area contributed by atoms with Gasteiger partial charge in [-0.3, -0.25) is 4.79 Å². The van der Waals surface area contributed by atoms with Crippen molar-refractivity contribution >= 4 is 27.7 Å². The van der Waals surface area contributed by atoms with Crippen LogP contribution >= 0.6 is 15.9 Å². The number of esters is 1. The Morgan fingerprint density at radius 3 is 2.49 bits per heavy atom. The van der Waals surface area contributed by atoms with Crippen LogP contribution in [0.4, 0.5) is 0 Å². The van der Waals surface area contributed by atoms with Gasteiger partial charge >= 0.3 is 5.97 Å². The third kappa shape index (κ3) is 7.06. The Bertz CT molecular complexity index is 941. The molecule has 0 aliphatic carbocycles. The SMILES string of the molecule is C=C(Br)C[C@@H](CCC(=O)C[C@H]1O[C@H]2[C@@H](O)[C@H]3O[C@@H](CCO)CC[C@@H]3O[C@H]2[C@H]1O)OC(=O)c1ccccc1. The zero-order valence-electron chi connectivity index (χ0n) is 20.6. The monoisotopic (exact) mass is 582 g/mol. The van der Waals surface area contributed by atoms with Gasteiger partial charge in [0, 0.05) is 25.9 Å². The minimum absolute atomic E-state index is 0.000520. The molecule has 0 saturated carbocycles. The number of aliphatic hydroxyl groups is 3. The molecule has 0 radical (unpaired) electrons. The van der Waals surface area contributed by atoms with Gasteiger partial charge in [0.25, 0.3) is 0 Å². The number of halogens is 1. The summed E-state index contributed by atoms with van der Waals surface area (Å²) in [6.45, 7) is 3.82. The molecule has 0 bridgehead atoms. The Kier molecular flexibility index (Phi) is 9.90. The number of fused-ring (bicyclic) bond motifs is 2. The molecular weight excluding hydrogens is 548 g/mol. The number of carbonyl (C=O) groups is 2. The first-order valence-corrected chi connectivity index (χ1v) is 13.6. The van der Waals surface area contributed by atoms with E-state index in [2.05, 4.69) is 22.5 Å². The summed E-state index contributed by atoms with van der Waals surface area (Å²) in [7, 11) is 0. The number of ketones is 1. The molecule has 3 heterocycles. The molecular formula is C27H35BrO9. The number of aliphatic hydroxyl groups excluding tert-OH is 3. The van der Waals surface area contributed by atoms with Crippen molar-refractivity contribution in [2.24, 2.45) is 0 Å². The highest BCUT2D eigenvalue weighted by Gasteiger charge is 2.56. The van der Waals surface area contributed by atoms with Crippen LogP contribution < -0.4 is 0 Å². The Morgan fingerprint density at radius 1 is 1.05 bits per heavy atom. The average Bonchev–Trinajstić information content (AvgIpc) is 3.18. The van der Waals surface area contributed by atoms with E-state index in [0.29, 0.717) is 42.1 Å². The van der Waals surface area contributed by atoms with Crippen LogP contribution in [0, 0.1) is 0 Å². The van der Waals surface area contributed by atoms with Crippen molar-refractivity contribution < 1.29 is 43.9 Å². The molecule has 3 saturated heterocycles. The molecule has 3 aliphatic rings. The van der Waals surface area contributed by atoms with E-state index >= 15 is 0 Å². The summed E-state index contributed by atoms with van der Waals surface area (Å²) in [5.41, 5.74) is 0.426. The lowest BCUT2D eigenvalue weighted by molar-refractivity contribution is -0.260. The maximum absolute atomic E-state index is 12.8. The number of carbonyl (C=O) groups excluding carboxylic acids is 2. The first kappa shape index (κ1) is 28.4. The molecule has 0 unspecified atom stereocenters. The number of Topliss-reactive ketones (excluding diaryl/α,β-unsaturated/α-hetero) is 1. The molecule has 3 N–H and O–H groups in total. The largest absolute Gasteiger partial charge is 0.458 e. The van der Waals surface area contributed by atoms with E-state index in [1.807, 2.05) is 6.07 Å². The zero-order chi connectivity index (χ0) is 26.5. The van der Waals surface area contributed by atoms with Crippen molar-refractivity contribution in [3.05, 3.63) is 47.0 Å². The van der Waals surface area contributed by atoms with Gasteiger partial charge in [0.2, 0.25) is 0 Å².